The van der Waals surface area contributed by atoms with E-state index in [1.807, 2.05) is 13.1 Å². The second-order valence-corrected chi connectivity index (χ2v) is 3.85. The van der Waals surface area contributed by atoms with Crippen LogP contribution in [0.1, 0.15) is 6.92 Å². The summed E-state index contributed by atoms with van der Waals surface area (Å²) in [6.07, 6.45) is 5.00. The Morgan fingerprint density at radius 3 is 2.93 bits per heavy atom. The molecule has 0 spiro atoms. The van der Waals surface area contributed by atoms with Crippen molar-refractivity contribution in [3.8, 4) is 11.4 Å². The number of nitrogens with one attached hydrogen (secondary N) is 1. The van der Waals surface area contributed by atoms with Gasteiger partial charge in [0.15, 0.2) is 0 Å². The third-order valence-corrected chi connectivity index (χ3v) is 2.55. The topological polar surface area (TPSA) is 63.6 Å². The predicted octanol–water partition coefficient (Wildman–Crippen LogP) is 1.42. The smallest absolute Gasteiger partial charge is 0.265 e. The van der Waals surface area contributed by atoms with Gasteiger partial charge in [-0.1, -0.05) is 0 Å². The molecular weight excluding hydrogens is 260 g/mol. The fraction of sp³-hybridized carbons (Fsp3) is 0.222. The molecule has 2 heterocycles. The molecule has 2 rings (SSSR count). The van der Waals surface area contributed by atoms with E-state index in [2.05, 4.69) is 31.0 Å². The number of halogens is 1. The maximum Gasteiger partial charge on any atom is 0.265 e. The number of nitrogens with zero attached hydrogens (tertiary/aromatic N) is 3. The maximum atomic E-state index is 11.3. The standard InChI is InChI=1S/C9H9BrN4O/c1-2-14-5-6(3-12-14)8-11-4-7(10)9(15)13-8/h3-5H,2H2,1H3,(H,11,13,15). The van der Waals surface area contributed by atoms with Gasteiger partial charge in [0.05, 0.1) is 11.8 Å². The minimum absolute atomic E-state index is 0.191. The van der Waals surface area contributed by atoms with Crippen LogP contribution in [0.3, 0.4) is 0 Å². The molecule has 0 bridgehead atoms. The summed E-state index contributed by atoms with van der Waals surface area (Å²) in [4.78, 5) is 18.1. The van der Waals surface area contributed by atoms with Gasteiger partial charge in [-0.05, 0) is 22.9 Å². The van der Waals surface area contributed by atoms with E-state index in [9.17, 15) is 4.79 Å². The summed E-state index contributed by atoms with van der Waals surface area (Å²) in [5, 5.41) is 4.11. The summed E-state index contributed by atoms with van der Waals surface area (Å²) in [5.74, 6) is 0.530. The molecule has 1 N–H and O–H groups in total. The van der Waals surface area contributed by atoms with Crippen molar-refractivity contribution in [1.82, 2.24) is 19.7 Å². The SMILES string of the molecule is CCn1cc(-c2ncc(Br)c(=O)[nH]2)cn1. The van der Waals surface area contributed by atoms with Gasteiger partial charge in [0.2, 0.25) is 0 Å². The number of aryl methyl sites for hydroxylation is 1. The Bertz CT molecular complexity index is 531. The highest BCUT2D eigenvalue weighted by molar-refractivity contribution is 9.10. The van der Waals surface area contributed by atoms with E-state index in [1.54, 1.807) is 10.9 Å². The molecule has 0 fully saturated rings. The quantitative estimate of drug-likeness (QED) is 0.896. The first-order chi connectivity index (χ1) is 7.20. The maximum absolute atomic E-state index is 11.3. The zero-order valence-electron chi connectivity index (χ0n) is 8.07. The number of H-pyrrole nitrogens is 1. The number of aromatic nitrogens is 4. The summed E-state index contributed by atoms with van der Waals surface area (Å²) in [7, 11) is 0. The number of hydrogen-bond donors (Lipinski definition) is 1. The van der Waals surface area contributed by atoms with Crippen molar-refractivity contribution in [1.29, 1.82) is 0 Å². The monoisotopic (exact) mass is 268 g/mol. The Labute approximate surface area is 94.3 Å². The molecule has 0 saturated heterocycles. The Balaban J connectivity index is 2.45. The van der Waals surface area contributed by atoms with Crippen molar-refractivity contribution in [3.63, 3.8) is 0 Å². The second kappa shape index (κ2) is 3.98. The van der Waals surface area contributed by atoms with E-state index in [-0.39, 0.29) is 5.56 Å². The lowest BCUT2D eigenvalue weighted by atomic mass is 10.3. The van der Waals surface area contributed by atoms with Crippen LogP contribution >= 0.6 is 15.9 Å². The molecule has 15 heavy (non-hydrogen) atoms. The van der Waals surface area contributed by atoms with Gasteiger partial charge in [0, 0.05) is 18.9 Å². The van der Waals surface area contributed by atoms with E-state index in [0.29, 0.717) is 10.3 Å². The van der Waals surface area contributed by atoms with Gasteiger partial charge >= 0.3 is 0 Å². The third-order valence-electron chi connectivity index (χ3n) is 1.99. The first-order valence-corrected chi connectivity index (χ1v) is 5.27. The normalized spacial score (nSPS) is 10.5. The van der Waals surface area contributed by atoms with Gasteiger partial charge in [-0.2, -0.15) is 5.10 Å². The molecule has 0 atom stereocenters. The lowest BCUT2D eigenvalue weighted by molar-refractivity contribution is 0.660. The van der Waals surface area contributed by atoms with Gasteiger partial charge in [0.1, 0.15) is 10.3 Å². The molecule has 5 nitrogen and oxygen atoms in total. The lowest BCUT2D eigenvalue weighted by Crippen LogP contribution is -2.08. The Kier molecular flexibility index (Phi) is 2.68. The van der Waals surface area contributed by atoms with Crippen molar-refractivity contribution in [2.75, 3.05) is 0 Å². The van der Waals surface area contributed by atoms with Crippen LogP contribution in [-0.4, -0.2) is 19.7 Å². The van der Waals surface area contributed by atoms with E-state index in [0.717, 1.165) is 12.1 Å². The molecule has 2 aromatic heterocycles. The van der Waals surface area contributed by atoms with Crippen molar-refractivity contribution in [3.05, 3.63) is 33.4 Å². The first-order valence-electron chi connectivity index (χ1n) is 4.48. The van der Waals surface area contributed by atoms with Crippen LogP contribution in [0.2, 0.25) is 0 Å². The average molecular weight is 269 g/mol. The van der Waals surface area contributed by atoms with Gasteiger partial charge in [-0.25, -0.2) is 4.98 Å². The minimum Gasteiger partial charge on any atom is -0.305 e. The second-order valence-electron chi connectivity index (χ2n) is 2.99. The number of hydrogen-bond acceptors (Lipinski definition) is 3. The Morgan fingerprint density at radius 2 is 2.33 bits per heavy atom. The van der Waals surface area contributed by atoms with Crippen molar-refractivity contribution in [2.24, 2.45) is 0 Å². The van der Waals surface area contributed by atoms with Crippen LogP contribution in [0, 0.1) is 0 Å². The largest absolute Gasteiger partial charge is 0.305 e. The fourth-order valence-corrected chi connectivity index (χ4v) is 1.39. The molecule has 0 amide bonds. The van der Waals surface area contributed by atoms with E-state index in [1.165, 1.54) is 6.20 Å². The highest BCUT2D eigenvalue weighted by Crippen LogP contribution is 2.12. The van der Waals surface area contributed by atoms with E-state index in [4.69, 9.17) is 0 Å². The highest BCUT2D eigenvalue weighted by atomic mass is 79.9. The molecule has 0 aliphatic heterocycles. The third kappa shape index (κ3) is 1.99. The molecular formula is C9H9BrN4O. The van der Waals surface area contributed by atoms with Gasteiger partial charge in [-0.15, -0.1) is 0 Å². The molecule has 0 aliphatic rings. The summed E-state index contributed by atoms with van der Waals surface area (Å²) in [6, 6.07) is 0. The molecule has 0 radical (unpaired) electrons. The average Bonchev–Trinajstić information content (AvgIpc) is 2.70. The zero-order chi connectivity index (χ0) is 10.8. The summed E-state index contributed by atoms with van der Waals surface area (Å²) < 4.78 is 2.20. The highest BCUT2D eigenvalue weighted by Gasteiger charge is 2.04. The van der Waals surface area contributed by atoms with Gasteiger partial charge in [0.25, 0.3) is 5.56 Å². The van der Waals surface area contributed by atoms with Crippen LogP contribution < -0.4 is 5.56 Å². The number of rotatable bonds is 2. The van der Waals surface area contributed by atoms with Crippen LogP contribution in [-0.2, 0) is 6.54 Å². The Morgan fingerprint density at radius 1 is 1.53 bits per heavy atom. The van der Waals surface area contributed by atoms with Crippen LogP contribution in [0.15, 0.2) is 27.9 Å². The zero-order valence-corrected chi connectivity index (χ0v) is 9.65. The molecule has 2 aromatic rings. The van der Waals surface area contributed by atoms with E-state index >= 15 is 0 Å². The van der Waals surface area contributed by atoms with Crippen molar-refractivity contribution < 1.29 is 0 Å². The van der Waals surface area contributed by atoms with Gasteiger partial charge in [-0.3, -0.25) is 9.48 Å². The molecule has 0 saturated carbocycles. The van der Waals surface area contributed by atoms with Crippen LogP contribution in [0.25, 0.3) is 11.4 Å². The molecule has 0 unspecified atom stereocenters. The molecule has 78 valence electrons. The lowest BCUT2D eigenvalue weighted by Gasteiger charge is -1.95. The predicted molar refractivity (Wildman–Crippen MR) is 59.5 cm³/mol. The molecule has 0 aromatic carbocycles. The fourth-order valence-electron chi connectivity index (χ4n) is 1.18. The van der Waals surface area contributed by atoms with Crippen molar-refractivity contribution >= 4 is 15.9 Å². The first kappa shape index (κ1) is 10.1. The van der Waals surface area contributed by atoms with Crippen LogP contribution in [0.5, 0.6) is 0 Å². The van der Waals surface area contributed by atoms with Gasteiger partial charge < -0.3 is 4.98 Å². The van der Waals surface area contributed by atoms with Crippen molar-refractivity contribution in [2.45, 2.75) is 13.5 Å². The summed E-state index contributed by atoms with van der Waals surface area (Å²) in [6.45, 7) is 2.79. The summed E-state index contributed by atoms with van der Waals surface area (Å²) in [5.41, 5.74) is 0.616. The number of aromatic amines is 1. The Hall–Kier alpha value is -1.43. The molecule has 6 heteroatoms. The minimum atomic E-state index is -0.191. The van der Waals surface area contributed by atoms with E-state index < -0.39 is 0 Å². The molecule has 0 aliphatic carbocycles. The van der Waals surface area contributed by atoms with Crippen LogP contribution in [0.4, 0.5) is 0 Å². The summed E-state index contributed by atoms with van der Waals surface area (Å²) >= 11 is 3.09.